The number of amides is 1. The molecule has 1 amide bonds. The third-order valence-electron chi connectivity index (χ3n) is 4.46. The third kappa shape index (κ3) is 4.12. The van der Waals surface area contributed by atoms with Crippen molar-refractivity contribution in [1.82, 2.24) is 5.32 Å². The first-order chi connectivity index (χ1) is 12.2. The van der Waals surface area contributed by atoms with E-state index in [0.29, 0.717) is 5.56 Å². The van der Waals surface area contributed by atoms with E-state index >= 15 is 0 Å². The topological polar surface area (TPSA) is 50.8 Å². The predicted molar refractivity (Wildman–Crippen MR) is 98.3 cm³/mol. The van der Waals surface area contributed by atoms with Crippen molar-refractivity contribution in [3.63, 3.8) is 0 Å². The Balaban J connectivity index is 1.66. The number of para-hydroxylation sites is 1. The minimum Gasteiger partial charge on any atom is -0.496 e. The van der Waals surface area contributed by atoms with Gasteiger partial charge in [0, 0.05) is 29.9 Å². The molecule has 1 aliphatic rings. The molecule has 0 radical (unpaired) electrons. The van der Waals surface area contributed by atoms with E-state index in [-0.39, 0.29) is 11.9 Å². The van der Waals surface area contributed by atoms with Crippen LogP contribution in [0.3, 0.4) is 0 Å². The number of nitrogens with zero attached hydrogens (tertiary/aromatic N) is 1. The zero-order valence-corrected chi connectivity index (χ0v) is 14.7. The van der Waals surface area contributed by atoms with E-state index in [0.717, 1.165) is 43.3 Å². The largest absolute Gasteiger partial charge is 0.496 e. The molecule has 1 fully saturated rings. The van der Waals surface area contributed by atoms with Gasteiger partial charge in [-0.3, -0.25) is 4.79 Å². The molecule has 5 nitrogen and oxygen atoms in total. The normalized spacial score (nSPS) is 15.5. The maximum absolute atomic E-state index is 12.5. The van der Waals surface area contributed by atoms with E-state index in [9.17, 15) is 4.79 Å². The van der Waals surface area contributed by atoms with Crippen molar-refractivity contribution >= 4 is 11.6 Å². The van der Waals surface area contributed by atoms with Crippen LogP contribution in [0.4, 0.5) is 5.69 Å². The SMILES string of the molecule is COc1ccccc1C(C)NC(=O)c1ccc(N2CCOCC2)cc1. The summed E-state index contributed by atoms with van der Waals surface area (Å²) < 4.78 is 10.7. The van der Waals surface area contributed by atoms with E-state index in [1.165, 1.54) is 0 Å². The van der Waals surface area contributed by atoms with E-state index in [2.05, 4.69) is 10.2 Å². The number of anilines is 1. The van der Waals surface area contributed by atoms with Gasteiger partial charge in [-0.2, -0.15) is 0 Å². The first-order valence-electron chi connectivity index (χ1n) is 8.55. The number of hydrogen-bond donors (Lipinski definition) is 1. The van der Waals surface area contributed by atoms with Gasteiger partial charge in [0.25, 0.3) is 5.91 Å². The number of benzene rings is 2. The summed E-state index contributed by atoms with van der Waals surface area (Å²) in [7, 11) is 1.64. The quantitative estimate of drug-likeness (QED) is 0.909. The maximum atomic E-state index is 12.5. The smallest absolute Gasteiger partial charge is 0.251 e. The molecule has 3 rings (SSSR count). The van der Waals surface area contributed by atoms with Crippen molar-refractivity contribution in [2.75, 3.05) is 38.3 Å². The number of rotatable bonds is 5. The van der Waals surface area contributed by atoms with Gasteiger partial charge >= 0.3 is 0 Å². The van der Waals surface area contributed by atoms with Gasteiger partial charge < -0.3 is 19.7 Å². The maximum Gasteiger partial charge on any atom is 0.251 e. The highest BCUT2D eigenvalue weighted by molar-refractivity contribution is 5.94. The molecule has 1 atom stereocenters. The third-order valence-corrected chi connectivity index (χ3v) is 4.46. The molecule has 1 N–H and O–H groups in total. The molecule has 132 valence electrons. The van der Waals surface area contributed by atoms with Crippen LogP contribution in [0.25, 0.3) is 0 Å². The number of morpholine rings is 1. The van der Waals surface area contributed by atoms with Gasteiger partial charge in [-0.1, -0.05) is 18.2 Å². The zero-order valence-electron chi connectivity index (χ0n) is 14.7. The standard InChI is InChI=1S/C20H24N2O3/c1-15(18-5-3-4-6-19(18)24-2)21-20(23)16-7-9-17(10-8-16)22-11-13-25-14-12-22/h3-10,15H,11-14H2,1-2H3,(H,21,23). The lowest BCUT2D eigenvalue weighted by Crippen LogP contribution is -2.36. The van der Waals surface area contributed by atoms with Gasteiger partial charge in [0.1, 0.15) is 5.75 Å². The monoisotopic (exact) mass is 340 g/mol. The fourth-order valence-corrected chi connectivity index (χ4v) is 3.03. The molecule has 0 spiro atoms. The average Bonchev–Trinajstić information content (AvgIpc) is 2.68. The molecule has 2 aromatic carbocycles. The Hall–Kier alpha value is -2.53. The van der Waals surface area contributed by atoms with Crippen molar-refractivity contribution in [3.05, 3.63) is 59.7 Å². The number of nitrogens with one attached hydrogen (secondary N) is 1. The van der Waals surface area contributed by atoms with E-state index in [4.69, 9.17) is 9.47 Å². The summed E-state index contributed by atoms with van der Waals surface area (Å²) in [6.45, 7) is 5.22. The van der Waals surface area contributed by atoms with Gasteiger partial charge in [-0.25, -0.2) is 0 Å². The Kier molecular flexibility index (Phi) is 5.56. The Morgan fingerprint density at radius 2 is 1.80 bits per heavy atom. The van der Waals surface area contributed by atoms with Gasteiger partial charge in [-0.05, 0) is 37.3 Å². The molecular formula is C20H24N2O3. The summed E-state index contributed by atoms with van der Waals surface area (Å²) >= 11 is 0. The van der Waals surface area contributed by atoms with Crippen LogP contribution in [-0.4, -0.2) is 39.3 Å². The highest BCUT2D eigenvalue weighted by Crippen LogP contribution is 2.25. The minimum absolute atomic E-state index is 0.0908. The molecule has 2 aromatic rings. The van der Waals surface area contributed by atoms with Crippen molar-refractivity contribution in [2.24, 2.45) is 0 Å². The van der Waals surface area contributed by atoms with E-state index in [1.54, 1.807) is 7.11 Å². The van der Waals surface area contributed by atoms with Crippen LogP contribution in [0.5, 0.6) is 5.75 Å². The molecule has 1 saturated heterocycles. The first-order valence-corrected chi connectivity index (χ1v) is 8.55. The Bertz CT molecular complexity index is 709. The molecule has 25 heavy (non-hydrogen) atoms. The fraction of sp³-hybridized carbons (Fsp3) is 0.350. The second kappa shape index (κ2) is 8.03. The molecule has 1 unspecified atom stereocenters. The van der Waals surface area contributed by atoms with Crippen LogP contribution in [0.1, 0.15) is 28.9 Å². The molecule has 0 bridgehead atoms. The van der Waals surface area contributed by atoms with Crippen LogP contribution in [0, 0.1) is 0 Å². The van der Waals surface area contributed by atoms with Crippen LogP contribution < -0.4 is 15.0 Å². The van der Waals surface area contributed by atoms with E-state index < -0.39 is 0 Å². The average molecular weight is 340 g/mol. The summed E-state index contributed by atoms with van der Waals surface area (Å²) in [6.07, 6.45) is 0. The van der Waals surface area contributed by atoms with Gasteiger partial charge in [-0.15, -0.1) is 0 Å². The van der Waals surface area contributed by atoms with Crippen molar-refractivity contribution in [3.8, 4) is 5.75 Å². The van der Waals surface area contributed by atoms with Crippen molar-refractivity contribution in [1.29, 1.82) is 0 Å². The lowest BCUT2D eigenvalue weighted by molar-refractivity contribution is 0.0939. The van der Waals surface area contributed by atoms with E-state index in [1.807, 2.05) is 55.5 Å². The van der Waals surface area contributed by atoms with Crippen LogP contribution >= 0.6 is 0 Å². The lowest BCUT2D eigenvalue weighted by Gasteiger charge is -2.28. The highest BCUT2D eigenvalue weighted by Gasteiger charge is 2.16. The molecule has 0 aromatic heterocycles. The van der Waals surface area contributed by atoms with Crippen LogP contribution in [0.2, 0.25) is 0 Å². The summed E-state index contributed by atoms with van der Waals surface area (Å²) in [5.41, 5.74) is 2.74. The second-order valence-electron chi connectivity index (χ2n) is 6.08. The fourth-order valence-electron chi connectivity index (χ4n) is 3.03. The molecule has 1 heterocycles. The number of hydrogen-bond acceptors (Lipinski definition) is 4. The molecular weight excluding hydrogens is 316 g/mol. The summed E-state index contributed by atoms with van der Waals surface area (Å²) in [5.74, 6) is 0.685. The van der Waals surface area contributed by atoms with Gasteiger partial charge in [0.05, 0.1) is 26.4 Å². The highest BCUT2D eigenvalue weighted by atomic mass is 16.5. The zero-order chi connectivity index (χ0) is 17.6. The van der Waals surface area contributed by atoms with Gasteiger partial charge in [0.2, 0.25) is 0 Å². The second-order valence-corrected chi connectivity index (χ2v) is 6.08. The molecule has 0 saturated carbocycles. The Morgan fingerprint density at radius 1 is 1.12 bits per heavy atom. The van der Waals surface area contributed by atoms with Crippen LogP contribution in [-0.2, 0) is 4.74 Å². The Morgan fingerprint density at radius 3 is 2.48 bits per heavy atom. The van der Waals surface area contributed by atoms with Crippen molar-refractivity contribution < 1.29 is 14.3 Å². The van der Waals surface area contributed by atoms with Crippen LogP contribution in [0.15, 0.2) is 48.5 Å². The number of ether oxygens (including phenoxy) is 2. The number of carbonyl (C=O) groups is 1. The first kappa shape index (κ1) is 17.3. The molecule has 0 aliphatic carbocycles. The summed E-state index contributed by atoms with van der Waals surface area (Å²) in [5, 5.41) is 3.03. The summed E-state index contributed by atoms with van der Waals surface area (Å²) in [6, 6.07) is 15.3. The van der Waals surface area contributed by atoms with Crippen molar-refractivity contribution in [2.45, 2.75) is 13.0 Å². The number of methoxy groups -OCH3 is 1. The minimum atomic E-state index is -0.137. The molecule has 1 aliphatic heterocycles. The predicted octanol–water partition coefficient (Wildman–Crippen LogP) is 3.02. The Labute approximate surface area is 148 Å². The lowest BCUT2D eigenvalue weighted by atomic mass is 10.1. The number of carbonyl (C=O) groups excluding carboxylic acids is 1. The molecule has 5 heteroatoms. The van der Waals surface area contributed by atoms with Gasteiger partial charge in [0.15, 0.2) is 0 Å². The summed E-state index contributed by atoms with van der Waals surface area (Å²) in [4.78, 5) is 14.8.